The van der Waals surface area contributed by atoms with Crippen molar-refractivity contribution < 1.29 is 9.84 Å². The normalized spacial score (nSPS) is 10.9. The van der Waals surface area contributed by atoms with Gasteiger partial charge in [-0.25, -0.2) is 0 Å². The Kier molecular flexibility index (Phi) is 4.48. The molecule has 0 radical (unpaired) electrons. The number of aromatic nitrogens is 1. The highest BCUT2D eigenvalue weighted by Crippen LogP contribution is 2.29. The van der Waals surface area contributed by atoms with Crippen molar-refractivity contribution in [2.24, 2.45) is 0 Å². The zero-order chi connectivity index (χ0) is 18.8. The van der Waals surface area contributed by atoms with Gasteiger partial charge in [-0.2, -0.15) is 0 Å². The van der Waals surface area contributed by atoms with Crippen LogP contribution in [0, 0.1) is 0 Å². The largest absolute Gasteiger partial charge is 0.497 e. The molecule has 4 nitrogen and oxygen atoms in total. The van der Waals surface area contributed by atoms with E-state index in [9.17, 15) is 9.90 Å². The predicted octanol–water partition coefficient (Wildman–Crippen LogP) is 4.16. The van der Waals surface area contributed by atoms with E-state index < -0.39 is 0 Å². The molecule has 0 aliphatic heterocycles. The van der Waals surface area contributed by atoms with Crippen molar-refractivity contribution >= 4 is 10.8 Å². The third kappa shape index (κ3) is 3.11. The zero-order valence-corrected chi connectivity index (χ0v) is 14.9. The van der Waals surface area contributed by atoms with Gasteiger partial charge in [-0.3, -0.25) is 9.36 Å². The van der Waals surface area contributed by atoms with Crippen LogP contribution in [0.2, 0.25) is 0 Å². The molecule has 0 saturated carbocycles. The Balaban J connectivity index is 2.03. The van der Waals surface area contributed by atoms with Gasteiger partial charge in [-0.15, -0.1) is 0 Å². The lowest BCUT2D eigenvalue weighted by atomic mass is 9.99. The first-order valence-electron chi connectivity index (χ1n) is 8.70. The van der Waals surface area contributed by atoms with E-state index in [-0.39, 0.29) is 12.2 Å². The summed E-state index contributed by atoms with van der Waals surface area (Å²) >= 11 is 0. The van der Waals surface area contributed by atoms with Crippen molar-refractivity contribution in [2.75, 3.05) is 7.11 Å². The van der Waals surface area contributed by atoms with E-state index in [1.54, 1.807) is 23.8 Å². The van der Waals surface area contributed by atoms with Gasteiger partial charge in [-0.05, 0) is 52.9 Å². The third-order valence-electron chi connectivity index (χ3n) is 4.70. The van der Waals surface area contributed by atoms with Crippen LogP contribution in [0.4, 0.5) is 0 Å². The van der Waals surface area contributed by atoms with Crippen LogP contribution in [0.25, 0.3) is 27.6 Å². The molecule has 4 heteroatoms. The molecule has 0 aliphatic carbocycles. The Bertz CT molecular complexity index is 1150. The first-order chi connectivity index (χ1) is 13.2. The molecule has 0 bridgehead atoms. The van der Waals surface area contributed by atoms with Gasteiger partial charge >= 0.3 is 0 Å². The molecule has 0 unspecified atom stereocenters. The summed E-state index contributed by atoms with van der Waals surface area (Å²) < 4.78 is 6.87. The highest BCUT2D eigenvalue weighted by atomic mass is 16.5. The summed E-state index contributed by atoms with van der Waals surface area (Å²) in [6.45, 7) is -0.0638. The summed E-state index contributed by atoms with van der Waals surface area (Å²) in [4.78, 5) is 13.1. The van der Waals surface area contributed by atoms with Crippen LogP contribution in [-0.4, -0.2) is 16.8 Å². The average Bonchev–Trinajstić information content (AvgIpc) is 2.74. The van der Waals surface area contributed by atoms with E-state index in [1.165, 1.54) is 0 Å². The monoisotopic (exact) mass is 357 g/mol. The summed E-state index contributed by atoms with van der Waals surface area (Å²) in [6.07, 6.45) is 1.86. The van der Waals surface area contributed by atoms with E-state index in [2.05, 4.69) is 0 Å². The second kappa shape index (κ2) is 7.09. The minimum absolute atomic E-state index is 0.0638. The fraction of sp³-hybridized carbons (Fsp3) is 0.0870. The molecule has 3 aromatic carbocycles. The molecule has 0 atom stereocenters. The topological polar surface area (TPSA) is 51.5 Å². The van der Waals surface area contributed by atoms with Crippen molar-refractivity contribution in [1.82, 2.24) is 4.57 Å². The van der Waals surface area contributed by atoms with Crippen molar-refractivity contribution in [1.29, 1.82) is 0 Å². The second-order valence-electron chi connectivity index (χ2n) is 6.32. The molecule has 4 rings (SSSR count). The molecule has 0 amide bonds. The van der Waals surface area contributed by atoms with Gasteiger partial charge in [0.05, 0.1) is 13.7 Å². The quantitative estimate of drug-likeness (QED) is 0.597. The molecule has 27 heavy (non-hydrogen) atoms. The number of nitrogens with zero attached hydrogens (tertiary/aromatic N) is 1. The minimum atomic E-state index is -0.0978. The number of ether oxygens (including phenoxy) is 1. The number of methoxy groups -OCH3 is 1. The lowest BCUT2D eigenvalue weighted by Gasteiger charge is -2.14. The van der Waals surface area contributed by atoms with Crippen LogP contribution in [-0.2, 0) is 6.61 Å². The number of fused-ring (bicyclic) bond motifs is 1. The number of hydrogen-bond acceptors (Lipinski definition) is 3. The lowest BCUT2D eigenvalue weighted by Crippen LogP contribution is -2.18. The Labute approximate surface area is 156 Å². The van der Waals surface area contributed by atoms with Gasteiger partial charge in [0.1, 0.15) is 5.75 Å². The Morgan fingerprint density at radius 2 is 1.67 bits per heavy atom. The number of aliphatic hydroxyl groups is 1. The summed E-state index contributed by atoms with van der Waals surface area (Å²) in [5, 5.41) is 11.0. The summed E-state index contributed by atoms with van der Waals surface area (Å²) in [6, 6.07) is 22.8. The van der Waals surface area contributed by atoms with E-state index in [1.807, 2.05) is 66.9 Å². The number of aliphatic hydroxyl groups excluding tert-OH is 1. The van der Waals surface area contributed by atoms with Gasteiger partial charge in [0.25, 0.3) is 5.56 Å². The number of rotatable bonds is 4. The smallest absolute Gasteiger partial charge is 0.262 e. The molecule has 134 valence electrons. The first-order valence-corrected chi connectivity index (χ1v) is 8.70. The van der Waals surface area contributed by atoms with Crippen molar-refractivity contribution in [3.8, 4) is 22.6 Å². The summed E-state index contributed by atoms with van der Waals surface area (Å²) in [7, 11) is 1.61. The van der Waals surface area contributed by atoms with E-state index in [4.69, 9.17) is 4.74 Å². The molecule has 1 heterocycles. The van der Waals surface area contributed by atoms with Crippen molar-refractivity contribution in [3.63, 3.8) is 0 Å². The third-order valence-corrected chi connectivity index (χ3v) is 4.70. The van der Waals surface area contributed by atoms with Gasteiger partial charge in [0.2, 0.25) is 0 Å². The maximum atomic E-state index is 13.1. The van der Waals surface area contributed by atoms with Gasteiger partial charge in [0, 0.05) is 22.8 Å². The molecular formula is C23H19NO3. The Morgan fingerprint density at radius 3 is 2.33 bits per heavy atom. The SMILES string of the molecule is COc1ccc(-n2cc(-c3ccccc3)c3cc(CO)ccc3c2=O)cc1. The second-order valence-corrected chi connectivity index (χ2v) is 6.32. The maximum Gasteiger partial charge on any atom is 0.262 e. The van der Waals surface area contributed by atoms with E-state index >= 15 is 0 Å². The maximum absolute atomic E-state index is 13.1. The molecular weight excluding hydrogens is 338 g/mol. The van der Waals surface area contributed by atoms with Crippen LogP contribution < -0.4 is 10.3 Å². The predicted molar refractivity (Wildman–Crippen MR) is 107 cm³/mol. The molecule has 0 fully saturated rings. The first kappa shape index (κ1) is 17.1. The van der Waals surface area contributed by atoms with Gasteiger partial charge < -0.3 is 9.84 Å². The Hall–Kier alpha value is -3.37. The zero-order valence-electron chi connectivity index (χ0n) is 14.9. The minimum Gasteiger partial charge on any atom is -0.497 e. The fourth-order valence-electron chi connectivity index (χ4n) is 3.27. The molecule has 0 aliphatic rings. The molecule has 4 aromatic rings. The van der Waals surface area contributed by atoms with Crippen LogP contribution in [0.15, 0.2) is 83.8 Å². The number of pyridine rings is 1. The van der Waals surface area contributed by atoms with Crippen LogP contribution >= 0.6 is 0 Å². The van der Waals surface area contributed by atoms with Crippen molar-refractivity contribution in [2.45, 2.75) is 6.61 Å². The molecule has 0 saturated heterocycles. The summed E-state index contributed by atoms with van der Waals surface area (Å²) in [5.41, 5.74) is 3.41. The Morgan fingerprint density at radius 1 is 0.926 bits per heavy atom. The van der Waals surface area contributed by atoms with Gasteiger partial charge in [-0.1, -0.05) is 36.4 Å². The molecule has 0 spiro atoms. The van der Waals surface area contributed by atoms with Crippen LogP contribution in [0.1, 0.15) is 5.56 Å². The highest BCUT2D eigenvalue weighted by Gasteiger charge is 2.12. The molecule has 1 aromatic heterocycles. The van der Waals surface area contributed by atoms with E-state index in [0.29, 0.717) is 5.39 Å². The van der Waals surface area contributed by atoms with Gasteiger partial charge in [0.15, 0.2) is 0 Å². The highest BCUT2D eigenvalue weighted by molar-refractivity contribution is 5.96. The number of hydrogen-bond donors (Lipinski definition) is 1. The fourth-order valence-corrected chi connectivity index (χ4v) is 3.27. The standard InChI is InChI=1S/C23H19NO3/c1-27-19-10-8-18(9-11-19)24-14-22(17-5-3-2-4-6-17)21-13-16(15-25)7-12-20(21)23(24)26/h2-14,25H,15H2,1H3. The van der Waals surface area contributed by atoms with E-state index in [0.717, 1.165) is 33.5 Å². The number of benzene rings is 3. The lowest BCUT2D eigenvalue weighted by molar-refractivity contribution is 0.282. The molecule has 1 N–H and O–H groups in total. The summed E-state index contributed by atoms with van der Waals surface area (Å²) in [5.74, 6) is 0.739. The average molecular weight is 357 g/mol. The van der Waals surface area contributed by atoms with Crippen molar-refractivity contribution in [3.05, 3.63) is 94.9 Å². The van der Waals surface area contributed by atoms with Crippen LogP contribution in [0.5, 0.6) is 5.75 Å². The van der Waals surface area contributed by atoms with Crippen LogP contribution in [0.3, 0.4) is 0 Å².